The van der Waals surface area contributed by atoms with Crippen molar-refractivity contribution in [1.82, 2.24) is 9.55 Å². The van der Waals surface area contributed by atoms with Gasteiger partial charge in [-0.05, 0) is 61.7 Å². The van der Waals surface area contributed by atoms with Gasteiger partial charge in [0, 0.05) is 10.2 Å². The molecular formula is C17H16BrClN2. The number of benzene rings is 2. The Balaban J connectivity index is 2.35. The van der Waals surface area contributed by atoms with Crippen LogP contribution < -0.4 is 0 Å². The first kappa shape index (κ1) is 14.6. The predicted octanol–water partition coefficient (Wildman–Crippen LogP) is 5.45. The van der Waals surface area contributed by atoms with Gasteiger partial charge in [-0.25, -0.2) is 4.98 Å². The van der Waals surface area contributed by atoms with E-state index in [9.17, 15) is 0 Å². The zero-order valence-electron chi connectivity index (χ0n) is 12.2. The van der Waals surface area contributed by atoms with E-state index in [2.05, 4.69) is 76.6 Å². The Kier molecular flexibility index (Phi) is 3.80. The normalized spacial score (nSPS) is 11.3. The highest BCUT2D eigenvalue weighted by atomic mass is 79.9. The van der Waals surface area contributed by atoms with Crippen molar-refractivity contribution >= 4 is 38.6 Å². The summed E-state index contributed by atoms with van der Waals surface area (Å²) >= 11 is 9.73. The molecule has 0 atom stereocenters. The Labute approximate surface area is 137 Å². The van der Waals surface area contributed by atoms with E-state index in [1.54, 1.807) is 0 Å². The topological polar surface area (TPSA) is 17.8 Å². The molecule has 108 valence electrons. The number of fused-ring (bicyclic) bond motifs is 1. The summed E-state index contributed by atoms with van der Waals surface area (Å²) in [6.07, 6.45) is 0. The first-order chi connectivity index (χ1) is 10.0. The van der Waals surface area contributed by atoms with Gasteiger partial charge in [-0.3, -0.25) is 4.57 Å². The molecule has 2 aromatic carbocycles. The lowest BCUT2D eigenvalue weighted by molar-refractivity contribution is 0.976. The molecule has 0 radical (unpaired) electrons. The third-order valence-electron chi connectivity index (χ3n) is 3.68. The SMILES string of the molecule is Cc1ccc2nc(CCl)n(-c3cc(C)c(Br)c(C)c3)c2c1. The average molecular weight is 364 g/mol. The van der Waals surface area contributed by atoms with E-state index in [-0.39, 0.29) is 0 Å². The van der Waals surface area contributed by atoms with Gasteiger partial charge in [-0.15, -0.1) is 11.6 Å². The molecule has 1 aromatic heterocycles. The summed E-state index contributed by atoms with van der Waals surface area (Å²) in [7, 11) is 0. The molecule has 0 fully saturated rings. The van der Waals surface area contributed by atoms with Gasteiger partial charge in [0.05, 0.1) is 16.9 Å². The van der Waals surface area contributed by atoms with E-state index >= 15 is 0 Å². The van der Waals surface area contributed by atoms with Crippen molar-refractivity contribution in [2.24, 2.45) is 0 Å². The maximum atomic E-state index is 6.11. The Morgan fingerprint density at radius 2 is 1.76 bits per heavy atom. The Hall–Kier alpha value is -1.32. The van der Waals surface area contributed by atoms with Crippen LogP contribution in [-0.4, -0.2) is 9.55 Å². The van der Waals surface area contributed by atoms with Crippen molar-refractivity contribution < 1.29 is 0 Å². The van der Waals surface area contributed by atoms with E-state index in [1.807, 2.05) is 0 Å². The molecule has 0 amide bonds. The monoisotopic (exact) mass is 362 g/mol. The van der Waals surface area contributed by atoms with Crippen molar-refractivity contribution in [1.29, 1.82) is 0 Å². The van der Waals surface area contributed by atoms with E-state index < -0.39 is 0 Å². The van der Waals surface area contributed by atoms with Gasteiger partial charge in [0.15, 0.2) is 0 Å². The van der Waals surface area contributed by atoms with Gasteiger partial charge in [0.1, 0.15) is 5.82 Å². The van der Waals surface area contributed by atoms with Gasteiger partial charge >= 0.3 is 0 Å². The largest absolute Gasteiger partial charge is 0.295 e. The van der Waals surface area contributed by atoms with Crippen molar-refractivity contribution in [3.05, 3.63) is 57.3 Å². The van der Waals surface area contributed by atoms with Crippen LogP contribution in [0.2, 0.25) is 0 Å². The minimum absolute atomic E-state index is 0.391. The molecule has 0 bridgehead atoms. The third kappa shape index (κ3) is 2.49. The maximum Gasteiger partial charge on any atom is 0.129 e. The summed E-state index contributed by atoms with van der Waals surface area (Å²) < 4.78 is 3.31. The quantitative estimate of drug-likeness (QED) is 0.553. The van der Waals surface area contributed by atoms with Gasteiger partial charge in [0.2, 0.25) is 0 Å². The van der Waals surface area contributed by atoms with E-state index in [0.29, 0.717) is 5.88 Å². The third-order valence-corrected chi connectivity index (χ3v) is 5.17. The Bertz CT molecular complexity index is 813. The summed E-state index contributed by atoms with van der Waals surface area (Å²) in [5.41, 5.74) is 6.83. The summed E-state index contributed by atoms with van der Waals surface area (Å²) in [6.45, 7) is 6.30. The number of hydrogen-bond acceptors (Lipinski definition) is 1. The maximum absolute atomic E-state index is 6.11. The second-order valence-electron chi connectivity index (χ2n) is 5.38. The van der Waals surface area contributed by atoms with Crippen LogP contribution in [0.1, 0.15) is 22.5 Å². The number of alkyl halides is 1. The molecule has 4 heteroatoms. The Morgan fingerprint density at radius 3 is 2.38 bits per heavy atom. The lowest BCUT2D eigenvalue weighted by Gasteiger charge is -2.12. The zero-order valence-corrected chi connectivity index (χ0v) is 14.6. The van der Waals surface area contributed by atoms with E-state index in [0.717, 1.165) is 27.0 Å². The molecule has 1 heterocycles. The second-order valence-corrected chi connectivity index (χ2v) is 6.44. The van der Waals surface area contributed by atoms with Crippen LogP contribution in [0.5, 0.6) is 0 Å². The molecule has 3 aromatic rings. The van der Waals surface area contributed by atoms with Crippen LogP contribution in [0.15, 0.2) is 34.8 Å². The minimum atomic E-state index is 0.391. The van der Waals surface area contributed by atoms with E-state index in [1.165, 1.54) is 16.7 Å². The highest BCUT2D eigenvalue weighted by Gasteiger charge is 2.13. The fourth-order valence-electron chi connectivity index (χ4n) is 2.67. The lowest BCUT2D eigenvalue weighted by atomic mass is 10.1. The van der Waals surface area contributed by atoms with Crippen molar-refractivity contribution in [2.45, 2.75) is 26.7 Å². The smallest absolute Gasteiger partial charge is 0.129 e. The molecule has 0 saturated carbocycles. The van der Waals surface area contributed by atoms with Crippen LogP contribution in [0.25, 0.3) is 16.7 Å². The van der Waals surface area contributed by atoms with Crippen LogP contribution in [0.4, 0.5) is 0 Å². The van der Waals surface area contributed by atoms with E-state index in [4.69, 9.17) is 11.6 Å². The Morgan fingerprint density at radius 1 is 1.10 bits per heavy atom. The molecule has 0 saturated heterocycles. The molecule has 3 rings (SSSR count). The average Bonchev–Trinajstić information content (AvgIpc) is 2.81. The fourth-order valence-corrected chi connectivity index (χ4v) is 3.07. The first-order valence-corrected chi connectivity index (χ1v) is 8.15. The molecule has 0 unspecified atom stereocenters. The zero-order chi connectivity index (χ0) is 15.1. The van der Waals surface area contributed by atoms with Crippen molar-refractivity contribution in [3.63, 3.8) is 0 Å². The number of imidazole rings is 1. The number of rotatable bonds is 2. The van der Waals surface area contributed by atoms with Crippen LogP contribution in [0.3, 0.4) is 0 Å². The minimum Gasteiger partial charge on any atom is -0.295 e. The summed E-state index contributed by atoms with van der Waals surface area (Å²) in [6, 6.07) is 10.6. The molecular weight excluding hydrogens is 348 g/mol. The molecule has 2 nitrogen and oxygen atoms in total. The second kappa shape index (κ2) is 5.47. The number of halogens is 2. The standard InChI is InChI=1S/C17H16BrClN2/c1-10-4-5-14-15(6-10)21(16(9-19)20-14)13-7-11(2)17(18)12(3)8-13/h4-8H,9H2,1-3H3. The van der Waals surface area contributed by atoms with Crippen molar-refractivity contribution in [2.75, 3.05) is 0 Å². The van der Waals surface area contributed by atoms with Crippen molar-refractivity contribution in [3.8, 4) is 5.69 Å². The molecule has 21 heavy (non-hydrogen) atoms. The number of hydrogen-bond donors (Lipinski definition) is 0. The molecule has 0 spiro atoms. The van der Waals surface area contributed by atoms with Crippen LogP contribution in [0, 0.1) is 20.8 Å². The predicted molar refractivity (Wildman–Crippen MR) is 92.5 cm³/mol. The van der Waals surface area contributed by atoms with Crippen LogP contribution in [-0.2, 0) is 5.88 Å². The molecule has 0 N–H and O–H groups in total. The number of nitrogens with zero attached hydrogens (tertiary/aromatic N) is 2. The molecule has 0 aliphatic heterocycles. The number of aryl methyl sites for hydroxylation is 3. The van der Waals surface area contributed by atoms with Gasteiger partial charge in [-0.1, -0.05) is 22.0 Å². The highest BCUT2D eigenvalue weighted by molar-refractivity contribution is 9.10. The highest BCUT2D eigenvalue weighted by Crippen LogP contribution is 2.28. The van der Waals surface area contributed by atoms with Gasteiger partial charge in [0.25, 0.3) is 0 Å². The summed E-state index contributed by atoms with van der Waals surface area (Å²) in [5.74, 6) is 1.26. The van der Waals surface area contributed by atoms with Gasteiger partial charge < -0.3 is 0 Å². The number of aromatic nitrogens is 2. The molecule has 0 aliphatic carbocycles. The molecule has 0 aliphatic rings. The summed E-state index contributed by atoms with van der Waals surface area (Å²) in [4.78, 5) is 4.65. The van der Waals surface area contributed by atoms with Gasteiger partial charge in [-0.2, -0.15) is 0 Å². The fraction of sp³-hybridized carbons (Fsp3) is 0.235. The lowest BCUT2D eigenvalue weighted by Crippen LogP contribution is -2.01. The first-order valence-electron chi connectivity index (χ1n) is 6.82. The summed E-state index contributed by atoms with van der Waals surface area (Å²) in [5, 5.41) is 0. The van der Waals surface area contributed by atoms with Crippen LogP contribution >= 0.6 is 27.5 Å².